The van der Waals surface area contributed by atoms with Crippen LogP contribution >= 0.6 is 24.0 Å². The lowest BCUT2D eigenvalue weighted by molar-refractivity contribution is 0.123. The molecule has 7 heteroatoms. The quantitative estimate of drug-likeness (QED) is 0.229. The SMILES string of the molecule is CN=C(NCCCOCC1CC1)NCc1cccc(Cn2ccnc2C)c1.I. The first-order valence-electron chi connectivity index (χ1n) is 9.82. The summed E-state index contributed by atoms with van der Waals surface area (Å²) in [4.78, 5) is 8.58. The van der Waals surface area contributed by atoms with Gasteiger partial charge >= 0.3 is 0 Å². The molecule has 0 amide bonds. The second-order valence-electron chi connectivity index (χ2n) is 7.15. The first-order valence-corrected chi connectivity index (χ1v) is 9.82. The van der Waals surface area contributed by atoms with Crippen molar-refractivity contribution in [3.63, 3.8) is 0 Å². The van der Waals surface area contributed by atoms with E-state index in [1.807, 2.05) is 19.3 Å². The van der Waals surface area contributed by atoms with Crippen LogP contribution in [0.25, 0.3) is 0 Å². The van der Waals surface area contributed by atoms with E-state index >= 15 is 0 Å². The number of nitrogens with zero attached hydrogens (tertiary/aromatic N) is 3. The van der Waals surface area contributed by atoms with Gasteiger partial charge in [0.15, 0.2) is 5.96 Å². The van der Waals surface area contributed by atoms with Crippen molar-refractivity contribution in [1.82, 2.24) is 20.2 Å². The topological polar surface area (TPSA) is 63.5 Å². The van der Waals surface area contributed by atoms with E-state index in [9.17, 15) is 0 Å². The Morgan fingerprint density at radius 3 is 2.82 bits per heavy atom. The van der Waals surface area contributed by atoms with Crippen molar-refractivity contribution in [2.75, 3.05) is 26.8 Å². The highest BCUT2D eigenvalue weighted by Crippen LogP contribution is 2.28. The third kappa shape index (κ3) is 7.79. The maximum absolute atomic E-state index is 5.66. The number of hydrogen-bond acceptors (Lipinski definition) is 3. The summed E-state index contributed by atoms with van der Waals surface area (Å²) in [5.74, 6) is 2.69. The van der Waals surface area contributed by atoms with Crippen LogP contribution in [-0.2, 0) is 17.8 Å². The molecule has 1 heterocycles. The van der Waals surface area contributed by atoms with Gasteiger partial charge in [-0.15, -0.1) is 24.0 Å². The smallest absolute Gasteiger partial charge is 0.191 e. The Balaban J connectivity index is 0.00000280. The van der Waals surface area contributed by atoms with Crippen molar-refractivity contribution < 1.29 is 4.74 Å². The summed E-state index contributed by atoms with van der Waals surface area (Å²) >= 11 is 0. The second-order valence-corrected chi connectivity index (χ2v) is 7.15. The van der Waals surface area contributed by atoms with E-state index in [1.54, 1.807) is 7.05 Å². The zero-order valence-electron chi connectivity index (χ0n) is 16.9. The Labute approximate surface area is 185 Å². The van der Waals surface area contributed by atoms with Crippen LogP contribution in [0.4, 0.5) is 0 Å². The van der Waals surface area contributed by atoms with Gasteiger partial charge < -0.3 is 19.9 Å². The number of imidazole rings is 1. The van der Waals surface area contributed by atoms with E-state index in [1.165, 1.54) is 24.0 Å². The van der Waals surface area contributed by atoms with Gasteiger partial charge in [0, 0.05) is 52.3 Å². The minimum absolute atomic E-state index is 0. The zero-order valence-corrected chi connectivity index (χ0v) is 19.2. The number of halogens is 1. The van der Waals surface area contributed by atoms with Crippen molar-refractivity contribution in [3.05, 3.63) is 53.6 Å². The van der Waals surface area contributed by atoms with Crippen LogP contribution in [0.15, 0.2) is 41.7 Å². The molecule has 0 radical (unpaired) electrons. The predicted molar refractivity (Wildman–Crippen MR) is 124 cm³/mol. The molecule has 1 aliphatic carbocycles. The maximum Gasteiger partial charge on any atom is 0.191 e. The third-order valence-corrected chi connectivity index (χ3v) is 4.76. The number of aliphatic imine (C=N–C) groups is 1. The molecule has 1 aliphatic rings. The first kappa shape index (κ1) is 22.7. The van der Waals surface area contributed by atoms with Crippen LogP contribution in [-0.4, -0.2) is 42.3 Å². The fraction of sp³-hybridized carbons (Fsp3) is 0.524. The number of benzene rings is 1. The van der Waals surface area contributed by atoms with Crippen molar-refractivity contribution in [3.8, 4) is 0 Å². The summed E-state index contributed by atoms with van der Waals surface area (Å²) in [5, 5.41) is 6.73. The molecule has 2 aromatic rings. The van der Waals surface area contributed by atoms with Gasteiger partial charge in [-0.1, -0.05) is 24.3 Å². The summed E-state index contributed by atoms with van der Waals surface area (Å²) in [6.45, 7) is 6.22. The highest BCUT2D eigenvalue weighted by Gasteiger charge is 2.20. The summed E-state index contributed by atoms with van der Waals surface area (Å²) in [6, 6.07) is 8.62. The van der Waals surface area contributed by atoms with Crippen molar-refractivity contribution in [1.29, 1.82) is 0 Å². The fourth-order valence-electron chi connectivity index (χ4n) is 2.93. The summed E-state index contributed by atoms with van der Waals surface area (Å²) < 4.78 is 7.81. The van der Waals surface area contributed by atoms with E-state index in [0.717, 1.165) is 57.0 Å². The number of rotatable bonds is 10. The van der Waals surface area contributed by atoms with Crippen molar-refractivity contribution in [2.24, 2.45) is 10.9 Å². The van der Waals surface area contributed by atoms with Gasteiger partial charge in [-0.25, -0.2) is 4.98 Å². The molecule has 2 N–H and O–H groups in total. The molecular formula is C21H32IN5O. The largest absolute Gasteiger partial charge is 0.381 e. The molecule has 1 aromatic heterocycles. The highest BCUT2D eigenvalue weighted by molar-refractivity contribution is 14.0. The number of aryl methyl sites for hydroxylation is 1. The molecule has 6 nitrogen and oxygen atoms in total. The zero-order chi connectivity index (χ0) is 18.9. The van der Waals surface area contributed by atoms with Crippen LogP contribution in [0, 0.1) is 12.8 Å². The molecule has 0 bridgehead atoms. The van der Waals surface area contributed by atoms with E-state index in [4.69, 9.17) is 4.74 Å². The van der Waals surface area contributed by atoms with Gasteiger partial charge in [-0.3, -0.25) is 4.99 Å². The number of hydrogen-bond donors (Lipinski definition) is 2. The molecule has 3 rings (SSSR count). The highest BCUT2D eigenvalue weighted by atomic mass is 127. The first-order chi connectivity index (χ1) is 13.2. The molecule has 0 unspecified atom stereocenters. The Morgan fingerprint density at radius 2 is 2.11 bits per heavy atom. The minimum Gasteiger partial charge on any atom is -0.381 e. The Kier molecular flexibility index (Phi) is 9.77. The average Bonchev–Trinajstić information content (AvgIpc) is 3.42. The number of guanidine groups is 1. The Morgan fingerprint density at radius 1 is 1.29 bits per heavy atom. The molecule has 0 aliphatic heterocycles. The standard InChI is InChI=1S/C21H31N5O.HI/c1-17-23-10-11-26(17)15-20-6-3-5-19(13-20)14-25-21(22-2)24-9-4-12-27-16-18-7-8-18;/h3,5-6,10-11,13,18H,4,7-9,12,14-16H2,1-2H3,(H2,22,24,25);1H. The maximum atomic E-state index is 5.66. The summed E-state index contributed by atoms with van der Waals surface area (Å²) in [6.07, 6.45) is 7.54. The van der Waals surface area contributed by atoms with Gasteiger partial charge in [0.05, 0.1) is 0 Å². The molecule has 1 fully saturated rings. The number of nitrogens with one attached hydrogen (secondary N) is 2. The van der Waals surface area contributed by atoms with E-state index < -0.39 is 0 Å². The Bertz CT molecular complexity index is 742. The van der Waals surface area contributed by atoms with Crippen LogP contribution in [0.1, 0.15) is 36.2 Å². The van der Waals surface area contributed by atoms with Crippen molar-refractivity contribution >= 4 is 29.9 Å². The average molecular weight is 497 g/mol. The molecule has 1 saturated carbocycles. The lowest BCUT2D eigenvalue weighted by atomic mass is 10.1. The Hall–Kier alpha value is -1.61. The molecule has 28 heavy (non-hydrogen) atoms. The van der Waals surface area contributed by atoms with Gasteiger partial charge in [-0.2, -0.15) is 0 Å². The van der Waals surface area contributed by atoms with Crippen LogP contribution in [0.2, 0.25) is 0 Å². The van der Waals surface area contributed by atoms with Crippen LogP contribution in [0.5, 0.6) is 0 Å². The summed E-state index contributed by atoms with van der Waals surface area (Å²) in [5.41, 5.74) is 2.51. The van der Waals surface area contributed by atoms with E-state index in [-0.39, 0.29) is 24.0 Å². The monoisotopic (exact) mass is 497 g/mol. The van der Waals surface area contributed by atoms with Crippen LogP contribution < -0.4 is 10.6 Å². The van der Waals surface area contributed by atoms with Crippen LogP contribution in [0.3, 0.4) is 0 Å². The predicted octanol–water partition coefficient (Wildman–Crippen LogP) is 3.34. The van der Waals surface area contributed by atoms with E-state index in [0.29, 0.717) is 0 Å². The second kappa shape index (κ2) is 12.1. The van der Waals surface area contributed by atoms with Gasteiger partial charge in [0.2, 0.25) is 0 Å². The van der Waals surface area contributed by atoms with Crippen molar-refractivity contribution in [2.45, 2.75) is 39.3 Å². The molecule has 0 spiro atoms. The third-order valence-electron chi connectivity index (χ3n) is 4.76. The fourth-order valence-corrected chi connectivity index (χ4v) is 2.93. The van der Waals surface area contributed by atoms with Gasteiger partial charge in [0.25, 0.3) is 0 Å². The molecule has 0 saturated heterocycles. The normalized spacial score (nSPS) is 13.9. The molecular weight excluding hydrogens is 465 g/mol. The number of ether oxygens (including phenoxy) is 1. The lowest BCUT2D eigenvalue weighted by Gasteiger charge is -2.13. The van der Waals surface area contributed by atoms with E-state index in [2.05, 4.69) is 49.4 Å². The summed E-state index contributed by atoms with van der Waals surface area (Å²) in [7, 11) is 1.80. The lowest BCUT2D eigenvalue weighted by Crippen LogP contribution is -2.37. The molecule has 154 valence electrons. The molecule has 1 aromatic carbocycles. The number of aromatic nitrogens is 2. The van der Waals surface area contributed by atoms with Gasteiger partial charge in [0.1, 0.15) is 5.82 Å². The van der Waals surface area contributed by atoms with Gasteiger partial charge in [-0.05, 0) is 43.2 Å². The minimum atomic E-state index is 0. The molecule has 0 atom stereocenters.